The van der Waals surface area contributed by atoms with Crippen LogP contribution in [0.2, 0.25) is 0 Å². The standard InChI is InChI=1S/C18H26FNO2/c1-17(2,3)22-16(21)20-12-7-10-18(4,11-13-20)14-8-5-6-9-15(14)19/h5-6,8-9H,7,10-13H2,1-4H3. The van der Waals surface area contributed by atoms with Crippen LogP contribution in [0.5, 0.6) is 0 Å². The van der Waals surface area contributed by atoms with Crippen molar-refractivity contribution >= 4 is 6.09 Å². The Bertz CT molecular complexity index is 538. The molecular formula is C18H26FNO2. The molecular weight excluding hydrogens is 281 g/mol. The largest absolute Gasteiger partial charge is 0.444 e. The van der Waals surface area contributed by atoms with Crippen LogP contribution in [0.25, 0.3) is 0 Å². The number of amides is 1. The minimum absolute atomic E-state index is 0.157. The van der Waals surface area contributed by atoms with Crippen LogP contribution in [0, 0.1) is 5.82 Å². The summed E-state index contributed by atoms with van der Waals surface area (Å²) in [6.07, 6.45) is 2.19. The first-order valence-corrected chi connectivity index (χ1v) is 7.94. The van der Waals surface area contributed by atoms with E-state index in [9.17, 15) is 9.18 Å². The predicted octanol–water partition coefficient (Wildman–Crippen LogP) is 4.50. The molecule has 1 fully saturated rings. The highest BCUT2D eigenvalue weighted by atomic mass is 19.1. The number of halogens is 1. The summed E-state index contributed by atoms with van der Waals surface area (Å²) in [7, 11) is 0. The van der Waals surface area contributed by atoms with Gasteiger partial charge in [-0.3, -0.25) is 0 Å². The van der Waals surface area contributed by atoms with Gasteiger partial charge in [-0.15, -0.1) is 0 Å². The Morgan fingerprint density at radius 1 is 1.23 bits per heavy atom. The van der Waals surface area contributed by atoms with Gasteiger partial charge in [-0.2, -0.15) is 0 Å². The molecule has 1 aromatic carbocycles. The minimum atomic E-state index is -0.488. The van der Waals surface area contributed by atoms with E-state index in [0.717, 1.165) is 24.8 Å². The van der Waals surface area contributed by atoms with E-state index in [0.29, 0.717) is 13.1 Å². The smallest absolute Gasteiger partial charge is 0.410 e. The third-order valence-electron chi connectivity index (χ3n) is 4.27. The fourth-order valence-corrected chi connectivity index (χ4v) is 3.01. The summed E-state index contributed by atoms with van der Waals surface area (Å²) >= 11 is 0. The van der Waals surface area contributed by atoms with Crippen molar-refractivity contribution in [2.24, 2.45) is 0 Å². The molecule has 1 aliphatic rings. The van der Waals surface area contributed by atoms with Crippen molar-refractivity contribution in [3.63, 3.8) is 0 Å². The number of hydrogen-bond donors (Lipinski definition) is 0. The first kappa shape index (κ1) is 16.8. The average molecular weight is 307 g/mol. The molecule has 4 heteroatoms. The van der Waals surface area contributed by atoms with Crippen LogP contribution in [0.3, 0.4) is 0 Å². The molecule has 3 nitrogen and oxygen atoms in total. The van der Waals surface area contributed by atoms with Crippen molar-refractivity contribution in [1.29, 1.82) is 0 Å². The third-order valence-corrected chi connectivity index (χ3v) is 4.27. The summed E-state index contributed by atoms with van der Waals surface area (Å²) in [6, 6.07) is 6.96. The van der Waals surface area contributed by atoms with Gasteiger partial charge in [0, 0.05) is 13.1 Å². The lowest BCUT2D eigenvalue weighted by molar-refractivity contribution is 0.0254. The summed E-state index contributed by atoms with van der Waals surface area (Å²) in [6.45, 7) is 8.95. The normalized spacial score (nSPS) is 23.0. The fraction of sp³-hybridized carbons (Fsp3) is 0.611. The van der Waals surface area contributed by atoms with Crippen LogP contribution in [0.1, 0.15) is 52.5 Å². The number of likely N-dealkylation sites (tertiary alicyclic amines) is 1. The predicted molar refractivity (Wildman–Crippen MR) is 85.4 cm³/mol. The van der Waals surface area contributed by atoms with E-state index in [1.165, 1.54) is 6.07 Å². The molecule has 0 saturated carbocycles. The Kier molecular flexibility index (Phi) is 4.78. The number of carbonyl (C=O) groups is 1. The molecule has 0 aromatic heterocycles. The topological polar surface area (TPSA) is 29.5 Å². The van der Waals surface area contributed by atoms with Gasteiger partial charge in [0.2, 0.25) is 0 Å². The molecule has 1 saturated heterocycles. The van der Waals surface area contributed by atoms with Crippen molar-refractivity contribution in [3.8, 4) is 0 Å². The minimum Gasteiger partial charge on any atom is -0.444 e. The lowest BCUT2D eigenvalue weighted by Gasteiger charge is -2.30. The quantitative estimate of drug-likeness (QED) is 0.764. The van der Waals surface area contributed by atoms with Gasteiger partial charge in [-0.05, 0) is 57.1 Å². The van der Waals surface area contributed by atoms with Crippen molar-refractivity contribution in [2.45, 2.75) is 58.0 Å². The molecule has 22 heavy (non-hydrogen) atoms. The zero-order valence-electron chi connectivity index (χ0n) is 14.0. The molecule has 1 aromatic rings. The van der Waals surface area contributed by atoms with E-state index in [1.807, 2.05) is 32.9 Å². The Labute approximate surface area is 132 Å². The zero-order chi connectivity index (χ0) is 16.4. The zero-order valence-corrected chi connectivity index (χ0v) is 14.0. The number of carbonyl (C=O) groups excluding carboxylic acids is 1. The van der Waals surface area contributed by atoms with Gasteiger partial charge in [0.25, 0.3) is 0 Å². The molecule has 1 heterocycles. The van der Waals surface area contributed by atoms with Crippen molar-refractivity contribution in [1.82, 2.24) is 4.90 Å². The Balaban J connectivity index is 2.09. The summed E-state index contributed by atoms with van der Waals surface area (Å²) in [5.41, 5.74) is 0.0291. The monoisotopic (exact) mass is 307 g/mol. The average Bonchev–Trinajstić information content (AvgIpc) is 2.60. The van der Waals surface area contributed by atoms with Crippen molar-refractivity contribution in [3.05, 3.63) is 35.6 Å². The van der Waals surface area contributed by atoms with E-state index >= 15 is 0 Å². The molecule has 0 spiro atoms. The molecule has 1 amide bonds. The van der Waals surface area contributed by atoms with E-state index < -0.39 is 5.60 Å². The van der Waals surface area contributed by atoms with E-state index in [-0.39, 0.29) is 17.3 Å². The molecule has 0 aliphatic carbocycles. The maximum absolute atomic E-state index is 14.1. The van der Waals surface area contributed by atoms with Crippen LogP contribution in [0.4, 0.5) is 9.18 Å². The first-order chi connectivity index (χ1) is 10.2. The highest BCUT2D eigenvalue weighted by Crippen LogP contribution is 2.36. The number of hydrogen-bond acceptors (Lipinski definition) is 2. The number of nitrogens with zero attached hydrogens (tertiary/aromatic N) is 1. The number of benzene rings is 1. The summed E-state index contributed by atoms with van der Waals surface area (Å²) in [4.78, 5) is 14.0. The van der Waals surface area contributed by atoms with Gasteiger partial charge >= 0.3 is 6.09 Å². The molecule has 1 unspecified atom stereocenters. The van der Waals surface area contributed by atoms with Crippen LogP contribution in [0.15, 0.2) is 24.3 Å². The lowest BCUT2D eigenvalue weighted by Crippen LogP contribution is -2.38. The van der Waals surface area contributed by atoms with E-state index in [4.69, 9.17) is 4.74 Å². The number of ether oxygens (including phenoxy) is 1. The Morgan fingerprint density at radius 2 is 1.91 bits per heavy atom. The highest BCUT2D eigenvalue weighted by Gasteiger charge is 2.34. The molecule has 122 valence electrons. The van der Waals surface area contributed by atoms with Crippen LogP contribution < -0.4 is 0 Å². The van der Waals surface area contributed by atoms with Gasteiger partial charge in [0.1, 0.15) is 11.4 Å². The van der Waals surface area contributed by atoms with E-state index in [1.54, 1.807) is 11.0 Å². The van der Waals surface area contributed by atoms with Gasteiger partial charge in [-0.25, -0.2) is 9.18 Å². The maximum atomic E-state index is 14.1. The first-order valence-electron chi connectivity index (χ1n) is 7.94. The van der Waals surface area contributed by atoms with Crippen molar-refractivity contribution in [2.75, 3.05) is 13.1 Å². The second-order valence-electron chi connectivity index (χ2n) is 7.36. The summed E-state index contributed by atoms with van der Waals surface area (Å²) in [5.74, 6) is -0.157. The summed E-state index contributed by atoms with van der Waals surface area (Å²) in [5, 5.41) is 0. The lowest BCUT2D eigenvalue weighted by atomic mass is 9.76. The molecule has 0 bridgehead atoms. The highest BCUT2D eigenvalue weighted by molar-refractivity contribution is 5.68. The summed E-state index contributed by atoms with van der Waals surface area (Å²) < 4.78 is 19.6. The van der Waals surface area contributed by atoms with Crippen LogP contribution in [-0.2, 0) is 10.2 Å². The Hall–Kier alpha value is -1.58. The van der Waals surface area contributed by atoms with Gasteiger partial charge in [0.15, 0.2) is 0 Å². The SMILES string of the molecule is CC(C)(C)OC(=O)N1CCCC(C)(c2ccccc2F)CC1. The van der Waals surface area contributed by atoms with Crippen molar-refractivity contribution < 1.29 is 13.9 Å². The molecule has 1 atom stereocenters. The van der Waals surface area contributed by atoms with Gasteiger partial charge in [0.05, 0.1) is 0 Å². The molecule has 0 N–H and O–H groups in total. The molecule has 0 radical (unpaired) electrons. The van der Waals surface area contributed by atoms with Crippen LogP contribution in [-0.4, -0.2) is 29.7 Å². The molecule has 1 aliphatic heterocycles. The Morgan fingerprint density at radius 3 is 2.55 bits per heavy atom. The van der Waals surface area contributed by atoms with Crippen LogP contribution >= 0.6 is 0 Å². The van der Waals surface area contributed by atoms with Gasteiger partial charge < -0.3 is 9.64 Å². The maximum Gasteiger partial charge on any atom is 0.410 e. The van der Waals surface area contributed by atoms with Gasteiger partial charge in [-0.1, -0.05) is 25.1 Å². The van der Waals surface area contributed by atoms with E-state index in [2.05, 4.69) is 6.92 Å². The molecule has 2 rings (SSSR count). The fourth-order valence-electron chi connectivity index (χ4n) is 3.01. The third kappa shape index (κ3) is 3.99. The second kappa shape index (κ2) is 6.27. The number of rotatable bonds is 1. The second-order valence-corrected chi connectivity index (χ2v) is 7.36.